The van der Waals surface area contributed by atoms with E-state index in [1.165, 1.54) is 5.69 Å². The Kier molecular flexibility index (Phi) is 8.26. The maximum absolute atomic E-state index is 12.3. The fraction of sp³-hybridized carbons (Fsp3) is 0.500. The average Bonchev–Trinajstić information content (AvgIpc) is 3.44. The number of aromatic amines is 1. The second-order valence-electron chi connectivity index (χ2n) is 7.23. The van der Waals surface area contributed by atoms with Crippen LogP contribution in [0.25, 0.3) is 0 Å². The van der Waals surface area contributed by atoms with Gasteiger partial charge in [-0.2, -0.15) is 0 Å². The lowest BCUT2D eigenvalue weighted by Gasteiger charge is -2.06. The van der Waals surface area contributed by atoms with Crippen molar-refractivity contribution in [1.82, 2.24) is 34.8 Å². The second-order valence-corrected chi connectivity index (χ2v) is 8.83. The summed E-state index contributed by atoms with van der Waals surface area (Å²) in [5, 5.41) is 11.3. The van der Waals surface area contributed by atoms with E-state index in [0.29, 0.717) is 18.8 Å². The highest BCUT2D eigenvalue weighted by Crippen LogP contribution is 2.26. The lowest BCUT2D eigenvalue weighted by Crippen LogP contribution is -2.28. The predicted octanol–water partition coefficient (Wildman–Crippen LogP) is 3.81. The Bertz CT molecular complexity index is 976. The van der Waals surface area contributed by atoms with E-state index >= 15 is 0 Å². The lowest BCUT2D eigenvalue weighted by atomic mass is 10.1. The van der Waals surface area contributed by atoms with Gasteiger partial charge < -0.3 is 14.9 Å². The molecule has 3 aromatic heterocycles. The van der Waals surface area contributed by atoms with E-state index in [0.717, 1.165) is 59.1 Å². The van der Waals surface area contributed by atoms with Crippen molar-refractivity contribution in [2.45, 2.75) is 52.0 Å². The molecule has 10 heteroatoms. The number of aromatic nitrogens is 6. The van der Waals surface area contributed by atoms with Gasteiger partial charge in [-0.3, -0.25) is 9.48 Å². The maximum Gasteiger partial charge on any atom is 0.268 e. The number of rotatable bonds is 11. The molecule has 3 rings (SSSR count). The van der Waals surface area contributed by atoms with Crippen LogP contribution in [0.5, 0.6) is 0 Å². The summed E-state index contributed by atoms with van der Waals surface area (Å²) in [4.78, 5) is 20.0. The first-order valence-corrected chi connectivity index (χ1v) is 11.8. The summed E-state index contributed by atoms with van der Waals surface area (Å²) in [5.41, 5.74) is 2.80. The summed E-state index contributed by atoms with van der Waals surface area (Å²) in [6, 6.07) is 1.79. The van der Waals surface area contributed by atoms with E-state index < -0.39 is 0 Å². The van der Waals surface area contributed by atoms with Gasteiger partial charge in [0.05, 0.1) is 21.3 Å². The molecule has 162 valence electrons. The third-order valence-electron chi connectivity index (χ3n) is 4.96. The van der Waals surface area contributed by atoms with Crippen LogP contribution < -0.4 is 5.32 Å². The van der Waals surface area contributed by atoms with Crippen LogP contribution in [0.15, 0.2) is 27.5 Å². The molecule has 3 aromatic rings. The Labute approximate surface area is 193 Å². The summed E-state index contributed by atoms with van der Waals surface area (Å²) in [5.74, 6) is 0.940. The van der Waals surface area contributed by atoms with Crippen LogP contribution >= 0.6 is 31.9 Å². The SMILES string of the molecule is CCc1ncc(CCCCCc2cn(CCNC(=O)c3cc(Br)c(Br)n3C)nn2)[nH]1. The summed E-state index contributed by atoms with van der Waals surface area (Å²) in [6.07, 6.45) is 10.2. The predicted molar refractivity (Wildman–Crippen MR) is 122 cm³/mol. The number of unbranched alkanes of at least 4 members (excludes halogenated alkanes) is 2. The number of aryl methyl sites for hydroxylation is 3. The summed E-state index contributed by atoms with van der Waals surface area (Å²) in [7, 11) is 1.84. The number of nitrogens with zero attached hydrogens (tertiary/aromatic N) is 5. The van der Waals surface area contributed by atoms with E-state index in [9.17, 15) is 4.79 Å². The standard InChI is InChI=1S/C20H27Br2N7O/c1-3-18-24-12-14(25-18)7-5-4-6-8-15-13-29(27-26-15)10-9-23-20(30)17-11-16(21)19(22)28(17)2/h11-13H,3-10H2,1-2H3,(H,23,30)(H,24,25). The number of nitrogens with one attached hydrogen (secondary N) is 2. The molecular formula is C20H27Br2N7O. The monoisotopic (exact) mass is 539 g/mol. The number of H-pyrrole nitrogens is 1. The third kappa shape index (κ3) is 6.04. The lowest BCUT2D eigenvalue weighted by molar-refractivity contribution is 0.0943. The molecule has 8 nitrogen and oxygen atoms in total. The number of halogens is 2. The van der Waals surface area contributed by atoms with Gasteiger partial charge in [0, 0.05) is 38.1 Å². The zero-order valence-corrected chi connectivity index (χ0v) is 20.5. The van der Waals surface area contributed by atoms with E-state index in [1.807, 2.05) is 19.4 Å². The Morgan fingerprint density at radius 2 is 2.03 bits per heavy atom. The van der Waals surface area contributed by atoms with Gasteiger partial charge in [-0.1, -0.05) is 18.6 Å². The zero-order chi connectivity index (χ0) is 21.5. The van der Waals surface area contributed by atoms with E-state index in [-0.39, 0.29) is 5.91 Å². The molecule has 0 aliphatic heterocycles. The van der Waals surface area contributed by atoms with Crippen molar-refractivity contribution in [1.29, 1.82) is 0 Å². The van der Waals surface area contributed by atoms with Crippen molar-refractivity contribution in [2.75, 3.05) is 6.54 Å². The Morgan fingerprint density at radius 3 is 2.73 bits per heavy atom. The minimum Gasteiger partial charge on any atom is -0.349 e. The van der Waals surface area contributed by atoms with Gasteiger partial charge >= 0.3 is 0 Å². The molecule has 3 heterocycles. The molecule has 0 radical (unpaired) electrons. The number of imidazole rings is 1. The molecule has 0 atom stereocenters. The highest BCUT2D eigenvalue weighted by Gasteiger charge is 2.14. The normalized spacial score (nSPS) is 11.2. The minimum atomic E-state index is -0.118. The molecule has 0 spiro atoms. The van der Waals surface area contributed by atoms with Crippen LogP contribution in [0.3, 0.4) is 0 Å². The number of amides is 1. The molecule has 0 fully saturated rings. The third-order valence-corrected chi connectivity index (χ3v) is 7.05. The summed E-state index contributed by atoms with van der Waals surface area (Å²) in [6.45, 7) is 3.18. The van der Waals surface area contributed by atoms with Gasteiger partial charge in [0.2, 0.25) is 0 Å². The summed E-state index contributed by atoms with van der Waals surface area (Å²) >= 11 is 6.85. The Hall–Kier alpha value is -1.94. The molecule has 0 bridgehead atoms. The molecule has 0 unspecified atom stereocenters. The van der Waals surface area contributed by atoms with Crippen LogP contribution in [-0.4, -0.2) is 42.0 Å². The Morgan fingerprint density at radius 1 is 1.23 bits per heavy atom. The molecule has 0 aliphatic rings. The van der Waals surface area contributed by atoms with E-state index in [2.05, 4.69) is 64.4 Å². The van der Waals surface area contributed by atoms with Gasteiger partial charge in [-0.15, -0.1) is 5.10 Å². The second kappa shape index (κ2) is 10.9. The zero-order valence-electron chi connectivity index (χ0n) is 17.3. The molecule has 1 amide bonds. The number of carbonyl (C=O) groups is 1. The van der Waals surface area contributed by atoms with Crippen LogP contribution in [-0.2, 0) is 32.9 Å². The number of hydrogen-bond donors (Lipinski definition) is 2. The van der Waals surface area contributed by atoms with Gasteiger partial charge in [0.15, 0.2) is 0 Å². The number of hydrogen-bond acceptors (Lipinski definition) is 4. The molecular weight excluding hydrogens is 514 g/mol. The highest BCUT2D eigenvalue weighted by molar-refractivity contribution is 9.13. The van der Waals surface area contributed by atoms with Crippen LogP contribution in [0.1, 0.15) is 53.9 Å². The molecule has 0 aliphatic carbocycles. The maximum atomic E-state index is 12.3. The van der Waals surface area contributed by atoms with Crippen molar-refractivity contribution in [3.8, 4) is 0 Å². The van der Waals surface area contributed by atoms with Crippen molar-refractivity contribution < 1.29 is 4.79 Å². The van der Waals surface area contributed by atoms with Gasteiger partial charge in [0.25, 0.3) is 5.91 Å². The first-order chi connectivity index (χ1) is 14.5. The largest absolute Gasteiger partial charge is 0.349 e. The first-order valence-electron chi connectivity index (χ1n) is 10.2. The quantitative estimate of drug-likeness (QED) is 0.362. The Balaban J connectivity index is 1.33. The van der Waals surface area contributed by atoms with Crippen molar-refractivity contribution >= 4 is 37.8 Å². The first kappa shape index (κ1) is 22.7. The molecule has 30 heavy (non-hydrogen) atoms. The van der Waals surface area contributed by atoms with Gasteiger partial charge in [-0.05, 0) is 63.6 Å². The number of carbonyl (C=O) groups excluding carboxylic acids is 1. The van der Waals surface area contributed by atoms with Crippen LogP contribution in [0.4, 0.5) is 0 Å². The van der Waals surface area contributed by atoms with Crippen molar-refractivity contribution in [3.05, 3.63) is 50.4 Å². The highest BCUT2D eigenvalue weighted by atomic mass is 79.9. The smallest absolute Gasteiger partial charge is 0.268 e. The minimum absolute atomic E-state index is 0.118. The van der Waals surface area contributed by atoms with Gasteiger partial charge in [0.1, 0.15) is 11.5 Å². The van der Waals surface area contributed by atoms with Crippen LogP contribution in [0, 0.1) is 0 Å². The molecule has 2 N–H and O–H groups in total. The fourth-order valence-electron chi connectivity index (χ4n) is 3.21. The topological polar surface area (TPSA) is 93.4 Å². The van der Waals surface area contributed by atoms with Crippen molar-refractivity contribution in [2.24, 2.45) is 7.05 Å². The average molecular weight is 541 g/mol. The molecule has 0 saturated heterocycles. The summed E-state index contributed by atoms with van der Waals surface area (Å²) < 4.78 is 5.26. The van der Waals surface area contributed by atoms with E-state index in [4.69, 9.17) is 0 Å². The van der Waals surface area contributed by atoms with Crippen molar-refractivity contribution in [3.63, 3.8) is 0 Å². The fourth-order valence-corrected chi connectivity index (χ4v) is 4.00. The van der Waals surface area contributed by atoms with Crippen LogP contribution in [0.2, 0.25) is 0 Å². The molecule has 0 aromatic carbocycles. The molecule has 0 saturated carbocycles. The van der Waals surface area contributed by atoms with Gasteiger partial charge in [-0.25, -0.2) is 4.98 Å². The van der Waals surface area contributed by atoms with E-state index in [1.54, 1.807) is 15.3 Å².